The largest absolute Gasteiger partial charge is 0.310 e. The fraction of sp³-hybridized carbons (Fsp3) is 0.412. The molecule has 2 aromatic rings. The fourth-order valence-corrected chi connectivity index (χ4v) is 2.93. The summed E-state index contributed by atoms with van der Waals surface area (Å²) < 4.78 is 27.1. The molecule has 1 N–H and O–H groups in total. The van der Waals surface area contributed by atoms with E-state index in [9.17, 15) is 13.6 Å². The Morgan fingerprint density at radius 2 is 2.17 bits per heavy atom. The third-order valence-electron chi connectivity index (χ3n) is 4.11. The number of aromatic nitrogens is 2. The molecule has 0 spiro atoms. The van der Waals surface area contributed by atoms with Crippen molar-refractivity contribution < 1.29 is 8.78 Å². The Balaban J connectivity index is 1.80. The van der Waals surface area contributed by atoms with Crippen LogP contribution in [0.1, 0.15) is 36.0 Å². The molecule has 0 radical (unpaired) electrons. The molecule has 1 aromatic carbocycles. The molecule has 2 heterocycles. The van der Waals surface area contributed by atoms with Gasteiger partial charge in [-0.05, 0) is 12.5 Å². The monoisotopic (exact) mass is 319 g/mol. The van der Waals surface area contributed by atoms with Gasteiger partial charge in [-0.2, -0.15) is 0 Å². The van der Waals surface area contributed by atoms with Crippen LogP contribution in [0.4, 0.5) is 8.78 Å². The Hall–Kier alpha value is -2.08. The highest BCUT2D eigenvalue weighted by atomic mass is 19.2. The molecular formula is C17H19F2N3O. The van der Waals surface area contributed by atoms with Gasteiger partial charge in [-0.15, -0.1) is 0 Å². The molecule has 0 saturated heterocycles. The molecule has 23 heavy (non-hydrogen) atoms. The van der Waals surface area contributed by atoms with Crippen LogP contribution in [0.2, 0.25) is 0 Å². The highest BCUT2D eigenvalue weighted by molar-refractivity contribution is 5.23. The summed E-state index contributed by atoms with van der Waals surface area (Å²) in [5.41, 5.74) is 1.64. The van der Waals surface area contributed by atoms with Crippen molar-refractivity contribution >= 4 is 0 Å². The normalized spacial score (nSPS) is 14.7. The van der Waals surface area contributed by atoms with Crippen LogP contribution in [0.3, 0.4) is 0 Å². The van der Waals surface area contributed by atoms with Crippen molar-refractivity contribution in [1.29, 1.82) is 0 Å². The number of aryl methyl sites for hydroxylation is 1. The molecule has 0 aliphatic carbocycles. The quantitative estimate of drug-likeness (QED) is 0.942. The van der Waals surface area contributed by atoms with E-state index in [4.69, 9.17) is 0 Å². The zero-order valence-electron chi connectivity index (χ0n) is 13.0. The summed E-state index contributed by atoms with van der Waals surface area (Å²) in [5, 5.41) is 0. The predicted octanol–water partition coefficient (Wildman–Crippen LogP) is 2.56. The summed E-state index contributed by atoms with van der Waals surface area (Å²) in [6.45, 7) is 3.39. The summed E-state index contributed by atoms with van der Waals surface area (Å²) in [6, 6.07) is 4.17. The van der Waals surface area contributed by atoms with E-state index >= 15 is 0 Å². The van der Waals surface area contributed by atoms with E-state index in [-0.39, 0.29) is 12.1 Å². The van der Waals surface area contributed by atoms with Gasteiger partial charge in [0.05, 0.1) is 11.3 Å². The van der Waals surface area contributed by atoms with Crippen molar-refractivity contribution in [3.05, 3.63) is 62.8 Å². The number of hydrogen-bond acceptors (Lipinski definition) is 3. The molecule has 0 bridgehead atoms. The van der Waals surface area contributed by atoms with Gasteiger partial charge in [0.2, 0.25) is 0 Å². The minimum Gasteiger partial charge on any atom is -0.310 e. The zero-order chi connectivity index (χ0) is 16.4. The molecule has 0 unspecified atom stereocenters. The molecule has 6 heteroatoms. The van der Waals surface area contributed by atoms with Crippen LogP contribution in [0.25, 0.3) is 0 Å². The van der Waals surface area contributed by atoms with E-state index in [2.05, 4.69) is 9.97 Å². The second-order valence-corrected chi connectivity index (χ2v) is 5.86. The first-order valence-corrected chi connectivity index (χ1v) is 7.84. The number of aromatic amines is 1. The Bertz CT molecular complexity index is 773. The van der Waals surface area contributed by atoms with Crippen LogP contribution in [-0.4, -0.2) is 21.4 Å². The maximum Gasteiger partial charge on any atom is 0.255 e. The molecule has 3 rings (SSSR count). The summed E-state index contributed by atoms with van der Waals surface area (Å²) in [5.74, 6) is -0.937. The van der Waals surface area contributed by atoms with Crippen LogP contribution in [0.15, 0.2) is 23.0 Å². The average Bonchev–Trinajstić information content (AvgIpc) is 2.53. The molecule has 122 valence electrons. The van der Waals surface area contributed by atoms with Crippen LogP contribution < -0.4 is 5.56 Å². The highest BCUT2D eigenvalue weighted by Gasteiger charge is 2.22. The lowest BCUT2D eigenvalue weighted by Crippen LogP contribution is -2.36. The minimum atomic E-state index is -0.844. The van der Waals surface area contributed by atoms with Crippen LogP contribution in [0.5, 0.6) is 0 Å². The first-order chi connectivity index (χ1) is 11.1. The second-order valence-electron chi connectivity index (χ2n) is 5.86. The van der Waals surface area contributed by atoms with E-state index in [1.807, 2.05) is 11.8 Å². The molecule has 1 aliphatic rings. The van der Waals surface area contributed by atoms with E-state index in [0.29, 0.717) is 30.6 Å². The van der Waals surface area contributed by atoms with Gasteiger partial charge >= 0.3 is 0 Å². The van der Waals surface area contributed by atoms with Gasteiger partial charge in [-0.25, -0.2) is 13.8 Å². The Morgan fingerprint density at radius 1 is 1.35 bits per heavy atom. The smallest absolute Gasteiger partial charge is 0.255 e. The third-order valence-corrected chi connectivity index (χ3v) is 4.11. The van der Waals surface area contributed by atoms with Crippen LogP contribution in [0, 0.1) is 11.6 Å². The maximum atomic E-state index is 13.8. The number of H-pyrrole nitrogens is 1. The van der Waals surface area contributed by atoms with Crippen molar-refractivity contribution in [3.8, 4) is 0 Å². The summed E-state index contributed by atoms with van der Waals surface area (Å²) in [6.07, 6.45) is 2.32. The molecule has 1 aromatic heterocycles. The van der Waals surface area contributed by atoms with Crippen molar-refractivity contribution in [2.75, 3.05) is 6.54 Å². The lowest BCUT2D eigenvalue weighted by molar-refractivity contribution is 0.237. The van der Waals surface area contributed by atoms with E-state index in [1.54, 1.807) is 6.07 Å². The third kappa shape index (κ3) is 3.32. The van der Waals surface area contributed by atoms with E-state index in [0.717, 1.165) is 30.4 Å². The zero-order valence-corrected chi connectivity index (χ0v) is 13.0. The predicted molar refractivity (Wildman–Crippen MR) is 83.0 cm³/mol. The number of rotatable bonds is 4. The van der Waals surface area contributed by atoms with Gasteiger partial charge < -0.3 is 4.98 Å². The Labute approximate surface area is 133 Å². The fourth-order valence-electron chi connectivity index (χ4n) is 2.93. The minimum absolute atomic E-state index is 0.122. The van der Waals surface area contributed by atoms with Gasteiger partial charge in [0, 0.05) is 38.0 Å². The lowest BCUT2D eigenvalue weighted by Gasteiger charge is -2.27. The van der Waals surface area contributed by atoms with Crippen molar-refractivity contribution in [2.45, 2.75) is 39.3 Å². The van der Waals surface area contributed by atoms with Crippen molar-refractivity contribution in [2.24, 2.45) is 0 Å². The van der Waals surface area contributed by atoms with Gasteiger partial charge in [0.1, 0.15) is 5.82 Å². The van der Waals surface area contributed by atoms with Crippen LogP contribution in [-0.2, 0) is 25.9 Å². The molecule has 4 nitrogen and oxygen atoms in total. The molecule has 0 fully saturated rings. The molecule has 0 saturated carbocycles. The molecule has 1 aliphatic heterocycles. The first kappa shape index (κ1) is 15.8. The molecule has 0 atom stereocenters. The number of hydrogen-bond donors (Lipinski definition) is 1. The van der Waals surface area contributed by atoms with Gasteiger partial charge in [-0.3, -0.25) is 9.69 Å². The topological polar surface area (TPSA) is 49.0 Å². The number of halogens is 2. The van der Waals surface area contributed by atoms with E-state index < -0.39 is 11.6 Å². The number of fused-ring (bicyclic) bond motifs is 1. The van der Waals surface area contributed by atoms with Gasteiger partial charge in [-0.1, -0.05) is 19.1 Å². The number of nitrogens with one attached hydrogen (secondary N) is 1. The highest BCUT2D eigenvalue weighted by Crippen LogP contribution is 2.19. The second kappa shape index (κ2) is 6.58. The van der Waals surface area contributed by atoms with Gasteiger partial charge in [0.25, 0.3) is 5.56 Å². The Kier molecular flexibility index (Phi) is 4.52. The van der Waals surface area contributed by atoms with Crippen molar-refractivity contribution in [1.82, 2.24) is 14.9 Å². The molecular weight excluding hydrogens is 300 g/mol. The standard InChI is InChI=1S/C17H19F2N3O/c1-2-4-15-20-14-7-8-22(10-12(14)17(23)21-15)9-11-5-3-6-13(18)16(11)19/h3,5-6H,2,4,7-10H2,1H3,(H,20,21,23). The number of benzene rings is 1. The molecule has 0 amide bonds. The summed E-state index contributed by atoms with van der Waals surface area (Å²) >= 11 is 0. The number of nitrogens with zero attached hydrogens (tertiary/aromatic N) is 2. The summed E-state index contributed by atoms with van der Waals surface area (Å²) in [4.78, 5) is 21.5. The van der Waals surface area contributed by atoms with Crippen LogP contribution >= 0.6 is 0 Å². The lowest BCUT2D eigenvalue weighted by atomic mass is 10.1. The SMILES string of the molecule is CCCc1nc2c(c(=O)[nH]1)CN(Cc1cccc(F)c1F)CC2. The summed E-state index contributed by atoms with van der Waals surface area (Å²) in [7, 11) is 0. The average molecular weight is 319 g/mol. The first-order valence-electron chi connectivity index (χ1n) is 7.84. The van der Waals surface area contributed by atoms with Crippen molar-refractivity contribution in [3.63, 3.8) is 0 Å². The Morgan fingerprint density at radius 3 is 2.96 bits per heavy atom. The maximum absolute atomic E-state index is 13.8. The van der Waals surface area contributed by atoms with E-state index in [1.165, 1.54) is 6.07 Å². The van der Waals surface area contributed by atoms with Gasteiger partial charge in [0.15, 0.2) is 11.6 Å².